The van der Waals surface area contributed by atoms with Gasteiger partial charge in [0.25, 0.3) is 0 Å². The molecule has 31 heavy (non-hydrogen) atoms. The van der Waals surface area contributed by atoms with Crippen molar-refractivity contribution in [2.24, 2.45) is 0 Å². The van der Waals surface area contributed by atoms with E-state index in [1.807, 2.05) is 12.1 Å². The van der Waals surface area contributed by atoms with Gasteiger partial charge in [-0.1, -0.05) is 0 Å². The van der Waals surface area contributed by atoms with Gasteiger partial charge in [0.05, 0.1) is 24.9 Å². The van der Waals surface area contributed by atoms with Crippen LogP contribution in [0.1, 0.15) is 5.56 Å². The highest BCUT2D eigenvalue weighted by atomic mass is 127. The predicted octanol–water partition coefficient (Wildman–Crippen LogP) is 4.92. The molecule has 0 aliphatic carbocycles. The van der Waals surface area contributed by atoms with E-state index in [1.165, 1.54) is 0 Å². The van der Waals surface area contributed by atoms with Gasteiger partial charge in [0.2, 0.25) is 5.16 Å². The maximum Gasteiger partial charge on any atom is 0.342 e. The number of halogens is 2. The zero-order valence-corrected chi connectivity index (χ0v) is 21.7. The summed E-state index contributed by atoms with van der Waals surface area (Å²) in [5, 5.41) is 17.0. The van der Waals surface area contributed by atoms with Crippen LogP contribution in [0.2, 0.25) is 0 Å². The molecule has 0 atom stereocenters. The molecule has 0 fully saturated rings. The van der Waals surface area contributed by atoms with Gasteiger partial charge in [-0.15, -0.1) is 5.10 Å². The van der Waals surface area contributed by atoms with Crippen LogP contribution in [-0.4, -0.2) is 47.6 Å². The predicted molar refractivity (Wildman–Crippen MR) is 135 cm³/mol. The smallest absolute Gasteiger partial charge is 0.342 e. The minimum absolute atomic E-state index is 0.0601. The van der Waals surface area contributed by atoms with Crippen LogP contribution in [0, 0.1) is 7.14 Å². The van der Waals surface area contributed by atoms with Crippen LogP contribution in [0.4, 0.5) is 0 Å². The first-order valence-corrected chi connectivity index (χ1v) is 11.6. The van der Waals surface area contributed by atoms with Crippen LogP contribution in [-0.2, 0) is 4.79 Å². The lowest BCUT2D eigenvalue weighted by molar-refractivity contribution is -0.131. The first kappa shape index (κ1) is 23.7. The maximum atomic E-state index is 11.9. The van der Waals surface area contributed by atoms with Crippen molar-refractivity contribution in [2.75, 3.05) is 21.3 Å². The maximum absolute atomic E-state index is 11.9. The van der Waals surface area contributed by atoms with Gasteiger partial charge in [-0.2, -0.15) is 0 Å². The van der Waals surface area contributed by atoms with Gasteiger partial charge in [0.15, 0.2) is 5.82 Å². The van der Waals surface area contributed by atoms with Crippen LogP contribution in [0.25, 0.3) is 17.5 Å². The van der Waals surface area contributed by atoms with E-state index in [4.69, 9.17) is 14.2 Å². The molecule has 0 aliphatic heterocycles. The Morgan fingerprint density at radius 3 is 2.32 bits per heavy atom. The molecular formula is C20H17I2N3O5S. The van der Waals surface area contributed by atoms with E-state index in [1.54, 1.807) is 45.6 Å². The number of aromatic amines is 1. The molecule has 0 saturated heterocycles. The van der Waals surface area contributed by atoms with Crippen molar-refractivity contribution in [1.29, 1.82) is 0 Å². The van der Waals surface area contributed by atoms with E-state index in [0.29, 0.717) is 34.2 Å². The van der Waals surface area contributed by atoms with E-state index < -0.39 is 5.97 Å². The SMILES string of the molecule is COc1cc(OC)cc(-c2nc(S/C(=C\c3cc(I)cc(I)c3OC)C(=O)O)n[nH]2)c1. The van der Waals surface area contributed by atoms with E-state index in [2.05, 4.69) is 60.4 Å². The number of methoxy groups -OCH3 is 3. The molecule has 2 aromatic carbocycles. The molecule has 0 unspecified atom stereocenters. The van der Waals surface area contributed by atoms with Crippen LogP contribution < -0.4 is 14.2 Å². The topological polar surface area (TPSA) is 107 Å². The molecule has 2 N–H and O–H groups in total. The fourth-order valence-electron chi connectivity index (χ4n) is 2.64. The first-order valence-electron chi connectivity index (χ1n) is 8.66. The zero-order chi connectivity index (χ0) is 22.5. The molecule has 0 saturated carbocycles. The standard InChI is InChI=1S/C20H17I2N3O5S/c1-28-13-5-11(6-14(9-13)29-2)18-23-20(25-24-18)31-16(19(26)27)7-10-4-12(21)8-15(22)17(10)30-3/h4-9H,1-3H3,(H,26,27)(H,23,24,25)/b16-7-. The number of carbonyl (C=O) groups is 1. The van der Waals surface area contributed by atoms with Crippen LogP contribution in [0.15, 0.2) is 40.4 Å². The van der Waals surface area contributed by atoms with Gasteiger partial charge in [0, 0.05) is 20.8 Å². The fourth-order valence-corrected chi connectivity index (χ4v) is 5.45. The van der Waals surface area contributed by atoms with Crippen LogP contribution in [0.3, 0.4) is 0 Å². The van der Waals surface area contributed by atoms with Gasteiger partial charge >= 0.3 is 5.97 Å². The lowest BCUT2D eigenvalue weighted by Gasteiger charge is -2.09. The highest BCUT2D eigenvalue weighted by Crippen LogP contribution is 2.34. The molecular weight excluding hydrogens is 648 g/mol. The summed E-state index contributed by atoms with van der Waals surface area (Å²) >= 11 is 5.28. The molecule has 0 radical (unpaired) electrons. The number of H-pyrrole nitrogens is 1. The van der Waals surface area contributed by atoms with Crippen molar-refractivity contribution in [1.82, 2.24) is 15.2 Å². The monoisotopic (exact) mass is 665 g/mol. The summed E-state index contributed by atoms with van der Waals surface area (Å²) in [5.41, 5.74) is 1.36. The first-order chi connectivity index (χ1) is 14.8. The Morgan fingerprint density at radius 1 is 1.06 bits per heavy atom. The molecule has 1 heterocycles. The Bertz CT molecular complexity index is 1130. The average molecular weight is 665 g/mol. The van der Waals surface area contributed by atoms with Gasteiger partial charge in [-0.05, 0) is 87.3 Å². The van der Waals surface area contributed by atoms with Gasteiger partial charge in [0.1, 0.15) is 22.2 Å². The van der Waals surface area contributed by atoms with Crippen molar-refractivity contribution >= 4 is 69.0 Å². The largest absolute Gasteiger partial charge is 0.497 e. The number of thioether (sulfide) groups is 1. The molecule has 1 aromatic heterocycles. The second-order valence-corrected chi connectivity index (χ2v) is 9.41. The summed E-state index contributed by atoms with van der Waals surface area (Å²) in [6.45, 7) is 0. The van der Waals surface area contributed by atoms with Gasteiger partial charge < -0.3 is 19.3 Å². The van der Waals surface area contributed by atoms with E-state index >= 15 is 0 Å². The third kappa shape index (κ3) is 5.83. The average Bonchev–Trinajstić information content (AvgIpc) is 3.21. The van der Waals surface area contributed by atoms with Crippen molar-refractivity contribution in [3.05, 3.63) is 47.9 Å². The highest BCUT2D eigenvalue weighted by molar-refractivity contribution is 14.1. The Labute approximate surface area is 210 Å². The number of hydrogen-bond acceptors (Lipinski definition) is 7. The molecule has 3 aromatic rings. The second-order valence-electron chi connectivity index (χ2n) is 5.99. The lowest BCUT2D eigenvalue weighted by Crippen LogP contribution is -1.99. The van der Waals surface area contributed by atoms with Crippen molar-refractivity contribution in [3.63, 3.8) is 0 Å². The van der Waals surface area contributed by atoms with Crippen molar-refractivity contribution in [3.8, 4) is 28.6 Å². The summed E-state index contributed by atoms with van der Waals surface area (Å²) in [5.74, 6) is 1.19. The molecule has 3 rings (SSSR count). The molecule has 0 spiro atoms. The molecule has 0 amide bonds. The van der Waals surface area contributed by atoms with E-state index in [0.717, 1.165) is 18.9 Å². The Kier molecular flexibility index (Phi) is 8.05. The van der Waals surface area contributed by atoms with Crippen LogP contribution >= 0.6 is 56.9 Å². The second kappa shape index (κ2) is 10.5. The Balaban J connectivity index is 1.94. The summed E-state index contributed by atoms with van der Waals surface area (Å²) in [6, 6.07) is 9.12. The number of rotatable bonds is 8. The molecule has 162 valence electrons. The number of hydrogen-bond donors (Lipinski definition) is 2. The van der Waals surface area contributed by atoms with E-state index in [-0.39, 0.29) is 10.1 Å². The normalized spacial score (nSPS) is 11.3. The molecule has 8 nitrogen and oxygen atoms in total. The number of aliphatic carboxylic acids is 1. The zero-order valence-electron chi connectivity index (χ0n) is 16.6. The third-order valence-electron chi connectivity index (χ3n) is 4.03. The number of aromatic nitrogens is 3. The summed E-state index contributed by atoms with van der Waals surface area (Å²) in [7, 11) is 4.67. The van der Waals surface area contributed by atoms with E-state index in [9.17, 15) is 9.90 Å². The summed E-state index contributed by atoms with van der Waals surface area (Å²) in [4.78, 5) is 16.4. The summed E-state index contributed by atoms with van der Waals surface area (Å²) < 4.78 is 17.9. The van der Waals surface area contributed by atoms with Crippen LogP contribution in [0.5, 0.6) is 17.2 Å². The third-order valence-corrected chi connectivity index (χ3v) is 6.33. The molecule has 0 bridgehead atoms. The van der Waals surface area contributed by atoms with Gasteiger partial charge in [-0.3, -0.25) is 5.10 Å². The number of nitrogens with zero attached hydrogens (tertiary/aromatic N) is 2. The number of nitrogens with one attached hydrogen (secondary N) is 1. The quantitative estimate of drug-likeness (QED) is 0.199. The minimum Gasteiger partial charge on any atom is -0.497 e. The number of ether oxygens (including phenoxy) is 3. The molecule has 0 aliphatic rings. The minimum atomic E-state index is -1.09. The molecule has 11 heteroatoms. The highest BCUT2D eigenvalue weighted by Gasteiger charge is 2.17. The fraction of sp³-hybridized carbons (Fsp3) is 0.150. The van der Waals surface area contributed by atoms with Gasteiger partial charge in [-0.25, -0.2) is 9.78 Å². The Hall–Kier alpha value is -2.00. The van der Waals surface area contributed by atoms with Crippen molar-refractivity contribution < 1.29 is 24.1 Å². The Morgan fingerprint density at radius 2 is 1.74 bits per heavy atom. The van der Waals surface area contributed by atoms with Crippen molar-refractivity contribution in [2.45, 2.75) is 5.16 Å². The number of carboxylic acid groups (broad SMARTS) is 1. The lowest BCUT2D eigenvalue weighted by atomic mass is 10.2. The summed E-state index contributed by atoms with van der Waals surface area (Å²) in [6.07, 6.45) is 1.56. The number of benzene rings is 2. The number of carboxylic acids is 1.